The van der Waals surface area contributed by atoms with E-state index in [9.17, 15) is 0 Å². The molecule has 0 saturated carbocycles. The van der Waals surface area contributed by atoms with Crippen molar-refractivity contribution in [2.75, 3.05) is 0 Å². The van der Waals surface area contributed by atoms with Gasteiger partial charge in [-0.2, -0.15) is 0 Å². The van der Waals surface area contributed by atoms with E-state index in [1.54, 1.807) is 9.34 Å². The smallest absolute Gasteiger partial charge is 0.125 e. The molecule has 0 saturated heterocycles. The summed E-state index contributed by atoms with van der Waals surface area (Å²) in [7, 11) is 1.86. The summed E-state index contributed by atoms with van der Waals surface area (Å²) in [6.45, 7) is 0. The predicted octanol–water partition coefficient (Wildman–Crippen LogP) is 1.88. The van der Waals surface area contributed by atoms with Crippen molar-refractivity contribution in [3.05, 3.63) is 15.6 Å². The van der Waals surface area contributed by atoms with Gasteiger partial charge in [0, 0.05) is 0 Å². The molecule has 0 bridgehead atoms. The molecule has 0 atom stereocenters. The van der Waals surface area contributed by atoms with Gasteiger partial charge in [-0.15, -0.1) is 3.96 Å². The van der Waals surface area contributed by atoms with Gasteiger partial charge in [0.1, 0.15) is 16.6 Å². The number of halogens is 2. The highest BCUT2D eigenvalue weighted by atomic mass is 35.5. The molecule has 0 amide bonds. The Morgan fingerprint density at radius 1 is 1.62 bits per heavy atom. The number of aromatic nitrogens is 1. The Morgan fingerprint density at radius 3 is 2.38 bits per heavy atom. The second kappa shape index (κ2) is 2.21. The predicted molar refractivity (Wildman–Crippen MR) is 35.5 cm³/mol. The van der Waals surface area contributed by atoms with Crippen LogP contribution in [0.2, 0.25) is 10.2 Å². The number of aryl methyl sites for hydroxylation is 1. The average Bonchev–Trinajstić information content (AvgIpc) is 1.98. The van der Waals surface area contributed by atoms with Crippen molar-refractivity contribution in [3.63, 3.8) is 0 Å². The molecule has 1 aromatic heterocycles. The van der Waals surface area contributed by atoms with Crippen LogP contribution in [0.1, 0.15) is 0 Å². The molecule has 8 heavy (non-hydrogen) atoms. The minimum atomic E-state index is 0.608. The van der Waals surface area contributed by atoms with Gasteiger partial charge in [-0.05, 0) is 11.6 Å². The first-order valence-electron chi connectivity index (χ1n) is 2.01. The molecule has 0 aromatic carbocycles. The number of nitrogens with zero attached hydrogens (tertiary/aromatic N) is 1. The summed E-state index contributed by atoms with van der Waals surface area (Å²) in [4.78, 5) is 0. The quantitative estimate of drug-likeness (QED) is 0.522. The lowest BCUT2D eigenvalue weighted by Gasteiger charge is -1.73. The van der Waals surface area contributed by atoms with E-state index in [2.05, 4.69) is 0 Å². The molecule has 4 heteroatoms. The molecule has 0 unspecified atom stereocenters. The van der Waals surface area contributed by atoms with Crippen molar-refractivity contribution in [2.45, 2.75) is 0 Å². The summed E-state index contributed by atoms with van der Waals surface area (Å²) in [5, 5.41) is 3.03. The maximum atomic E-state index is 5.63. The third-order valence-corrected chi connectivity index (χ3v) is 2.70. The van der Waals surface area contributed by atoms with Crippen molar-refractivity contribution < 1.29 is 3.96 Å². The zero-order chi connectivity index (χ0) is 6.15. The summed E-state index contributed by atoms with van der Waals surface area (Å²) in [6, 6.07) is 0. The van der Waals surface area contributed by atoms with Gasteiger partial charge >= 0.3 is 5.15 Å². The van der Waals surface area contributed by atoms with E-state index in [0.29, 0.717) is 10.2 Å². The Labute approximate surface area is 61.6 Å². The molecule has 0 aliphatic rings. The second-order valence-electron chi connectivity index (χ2n) is 1.36. The molecule has 0 aliphatic heterocycles. The fraction of sp³-hybridized carbons (Fsp3) is 0.250. The van der Waals surface area contributed by atoms with Crippen LogP contribution in [0.4, 0.5) is 0 Å². The maximum absolute atomic E-state index is 5.63. The highest BCUT2D eigenvalue weighted by Crippen LogP contribution is 2.18. The molecule has 0 spiro atoms. The van der Waals surface area contributed by atoms with Gasteiger partial charge in [0.25, 0.3) is 0 Å². The van der Waals surface area contributed by atoms with Crippen LogP contribution in [0.15, 0.2) is 5.38 Å². The van der Waals surface area contributed by atoms with Crippen molar-refractivity contribution in [3.8, 4) is 0 Å². The van der Waals surface area contributed by atoms with E-state index < -0.39 is 0 Å². The zero-order valence-electron chi connectivity index (χ0n) is 4.19. The topological polar surface area (TPSA) is 3.88 Å². The summed E-state index contributed by atoms with van der Waals surface area (Å²) in [6.07, 6.45) is 0. The van der Waals surface area contributed by atoms with Crippen molar-refractivity contribution in [1.82, 2.24) is 0 Å². The first-order chi connectivity index (χ1) is 3.72. The van der Waals surface area contributed by atoms with Gasteiger partial charge in [0.15, 0.2) is 7.05 Å². The summed E-state index contributed by atoms with van der Waals surface area (Å²) >= 11 is 12.7. The molecular formula is C4H4Cl2NS+. The fourth-order valence-electron chi connectivity index (χ4n) is 0.371. The van der Waals surface area contributed by atoms with E-state index in [-0.39, 0.29) is 0 Å². The minimum Gasteiger partial charge on any atom is -0.125 e. The van der Waals surface area contributed by atoms with Gasteiger partial charge in [0.2, 0.25) is 0 Å². The Kier molecular flexibility index (Phi) is 1.75. The monoisotopic (exact) mass is 168 g/mol. The summed E-state index contributed by atoms with van der Waals surface area (Å²) in [5.74, 6) is 0. The third kappa shape index (κ3) is 0.966. The van der Waals surface area contributed by atoms with Crippen LogP contribution in [0, 0.1) is 0 Å². The zero-order valence-corrected chi connectivity index (χ0v) is 6.52. The molecule has 1 heterocycles. The van der Waals surface area contributed by atoms with Crippen LogP contribution < -0.4 is 3.96 Å². The maximum Gasteiger partial charge on any atom is 0.307 e. The molecule has 0 radical (unpaired) electrons. The highest BCUT2D eigenvalue weighted by Gasteiger charge is 2.10. The SMILES string of the molecule is C[n+]1scc(Cl)c1Cl. The lowest BCUT2D eigenvalue weighted by Crippen LogP contribution is -2.21. The van der Waals surface area contributed by atoms with Crippen LogP contribution in [0.5, 0.6) is 0 Å². The summed E-state index contributed by atoms with van der Waals surface area (Å²) < 4.78 is 1.80. The first kappa shape index (κ1) is 6.33. The molecule has 1 rings (SSSR count). The Bertz CT molecular complexity index is 176. The Morgan fingerprint density at radius 2 is 2.25 bits per heavy atom. The van der Waals surface area contributed by atoms with E-state index in [1.807, 2.05) is 7.05 Å². The minimum absolute atomic E-state index is 0.608. The first-order valence-corrected chi connectivity index (χ1v) is 3.60. The molecule has 0 N–H and O–H groups in total. The van der Waals surface area contributed by atoms with Gasteiger partial charge < -0.3 is 0 Å². The van der Waals surface area contributed by atoms with Crippen molar-refractivity contribution >= 4 is 34.7 Å². The van der Waals surface area contributed by atoms with Crippen LogP contribution in [0.25, 0.3) is 0 Å². The van der Waals surface area contributed by atoms with Gasteiger partial charge in [0.05, 0.1) is 5.38 Å². The molecule has 1 aromatic rings. The van der Waals surface area contributed by atoms with Gasteiger partial charge in [-0.25, -0.2) is 0 Å². The van der Waals surface area contributed by atoms with Crippen molar-refractivity contribution in [1.29, 1.82) is 0 Å². The standard InChI is InChI=1S/C4H4Cl2NS/c1-7-4(6)3(5)2-8-7/h2H,1H3/q+1. The normalized spacial score (nSPS) is 9.88. The van der Waals surface area contributed by atoms with Crippen LogP contribution in [0.3, 0.4) is 0 Å². The molecule has 0 fully saturated rings. The highest BCUT2D eigenvalue weighted by molar-refractivity contribution is 7.00. The van der Waals surface area contributed by atoms with Crippen LogP contribution in [-0.4, -0.2) is 0 Å². The lowest BCUT2D eigenvalue weighted by molar-refractivity contribution is -0.598. The second-order valence-corrected chi connectivity index (χ2v) is 3.12. The number of hydrogen-bond acceptors (Lipinski definition) is 1. The van der Waals surface area contributed by atoms with E-state index in [4.69, 9.17) is 23.2 Å². The third-order valence-electron chi connectivity index (χ3n) is 0.788. The van der Waals surface area contributed by atoms with E-state index in [0.717, 1.165) is 0 Å². The fourth-order valence-corrected chi connectivity index (χ4v) is 1.46. The molecular weight excluding hydrogens is 165 g/mol. The Hall–Kier alpha value is 0.210. The van der Waals surface area contributed by atoms with E-state index in [1.165, 1.54) is 11.5 Å². The summed E-state index contributed by atoms with van der Waals surface area (Å²) in [5.41, 5.74) is 0. The molecule has 44 valence electrons. The number of rotatable bonds is 0. The van der Waals surface area contributed by atoms with Crippen LogP contribution >= 0.6 is 34.7 Å². The largest absolute Gasteiger partial charge is 0.307 e. The van der Waals surface area contributed by atoms with Gasteiger partial charge in [-0.3, -0.25) is 0 Å². The number of hydrogen-bond donors (Lipinski definition) is 0. The lowest BCUT2D eigenvalue weighted by atomic mass is 10.7. The molecule has 1 nitrogen and oxygen atoms in total. The molecule has 0 aliphatic carbocycles. The average molecular weight is 169 g/mol. The van der Waals surface area contributed by atoms with Gasteiger partial charge in [-0.1, -0.05) is 11.6 Å². The van der Waals surface area contributed by atoms with Crippen LogP contribution in [-0.2, 0) is 7.05 Å². The van der Waals surface area contributed by atoms with E-state index >= 15 is 0 Å². The van der Waals surface area contributed by atoms with Crippen molar-refractivity contribution in [2.24, 2.45) is 7.05 Å². The Balaban J connectivity index is 3.19.